The van der Waals surface area contributed by atoms with E-state index in [9.17, 15) is 9.59 Å². The Kier molecular flexibility index (Phi) is 6.08. The fraction of sp³-hybridized carbons (Fsp3) is 0.500. The Morgan fingerprint density at radius 1 is 1.26 bits per heavy atom. The molecular weight excluding hydrogens is 367 g/mol. The molecular formula is C14H15Cl3N2O4. The van der Waals surface area contributed by atoms with Crippen LogP contribution in [0, 0.1) is 0 Å². The van der Waals surface area contributed by atoms with Crippen LogP contribution < -0.4 is 0 Å². The van der Waals surface area contributed by atoms with Gasteiger partial charge in [0, 0.05) is 19.3 Å². The second-order valence-corrected chi connectivity index (χ2v) is 6.38. The van der Waals surface area contributed by atoms with E-state index >= 15 is 0 Å². The Morgan fingerprint density at radius 2 is 1.87 bits per heavy atom. The van der Waals surface area contributed by atoms with Gasteiger partial charge in [-0.15, -0.1) is 0 Å². The summed E-state index contributed by atoms with van der Waals surface area (Å²) in [5.74, 6) is -1.15. The van der Waals surface area contributed by atoms with E-state index < -0.39 is 12.6 Å². The molecule has 1 fully saturated rings. The molecule has 2 heterocycles. The summed E-state index contributed by atoms with van der Waals surface area (Å²) < 4.78 is 10.5. The quantitative estimate of drug-likeness (QED) is 0.753. The Bertz CT molecular complexity index is 616. The van der Waals surface area contributed by atoms with Gasteiger partial charge in [0.25, 0.3) is 5.91 Å². The number of nitrogens with zero attached hydrogens (tertiary/aromatic N) is 2. The number of esters is 1. The molecule has 1 aromatic rings. The first-order valence-corrected chi connectivity index (χ1v) is 8.02. The van der Waals surface area contributed by atoms with Crippen LogP contribution >= 0.6 is 34.8 Å². The fourth-order valence-corrected chi connectivity index (χ4v) is 2.81. The third-order valence-corrected chi connectivity index (χ3v) is 4.45. The first-order valence-electron chi connectivity index (χ1n) is 6.89. The molecule has 1 aliphatic rings. The van der Waals surface area contributed by atoms with Crippen molar-refractivity contribution in [3.63, 3.8) is 0 Å². The molecule has 23 heavy (non-hydrogen) atoms. The van der Waals surface area contributed by atoms with Crippen molar-refractivity contribution in [2.24, 2.45) is 0 Å². The van der Waals surface area contributed by atoms with Crippen molar-refractivity contribution in [2.45, 2.75) is 26.1 Å². The van der Waals surface area contributed by atoms with Crippen molar-refractivity contribution in [1.82, 2.24) is 9.88 Å². The highest BCUT2D eigenvalue weighted by atomic mass is 35.5. The summed E-state index contributed by atoms with van der Waals surface area (Å²) in [5.41, 5.74) is -0.183. The number of carbonyl (C=O) groups is 2. The topological polar surface area (TPSA) is 68.7 Å². The van der Waals surface area contributed by atoms with Crippen molar-refractivity contribution >= 4 is 46.7 Å². The first kappa shape index (κ1) is 18.3. The van der Waals surface area contributed by atoms with E-state index in [-0.39, 0.29) is 38.9 Å². The zero-order valence-corrected chi connectivity index (χ0v) is 14.8. The normalized spacial score (nSPS) is 21.2. The Morgan fingerprint density at radius 3 is 2.48 bits per heavy atom. The van der Waals surface area contributed by atoms with Gasteiger partial charge in [0.2, 0.25) is 0 Å². The smallest absolute Gasteiger partial charge is 0.359 e. The van der Waals surface area contributed by atoms with Gasteiger partial charge in [-0.25, -0.2) is 9.78 Å². The number of halogens is 3. The standard InChI is InChI=1S/C14H15Cl3N2O4/c1-7-4-19(5-8(2)23-7)10(20)6-22-14(21)13-12(17)11(16)9(15)3-18-13/h3,7-8H,4-6H2,1-2H3. The number of pyridine rings is 1. The number of rotatable bonds is 3. The van der Waals surface area contributed by atoms with E-state index in [2.05, 4.69) is 4.98 Å². The summed E-state index contributed by atoms with van der Waals surface area (Å²) in [6, 6.07) is 0. The van der Waals surface area contributed by atoms with Crippen LogP contribution in [0.1, 0.15) is 24.3 Å². The molecule has 1 saturated heterocycles. The molecule has 0 saturated carbocycles. The zero-order valence-electron chi connectivity index (χ0n) is 12.5. The largest absolute Gasteiger partial charge is 0.451 e. The van der Waals surface area contributed by atoms with Gasteiger partial charge in [-0.2, -0.15) is 0 Å². The van der Waals surface area contributed by atoms with Crippen molar-refractivity contribution in [3.8, 4) is 0 Å². The van der Waals surface area contributed by atoms with Gasteiger partial charge in [0.15, 0.2) is 12.3 Å². The minimum Gasteiger partial charge on any atom is -0.451 e. The molecule has 0 radical (unpaired) electrons. The van der Waals surface area contributed by atoms with Gasteiger partial charge in [0.05, 0.1) is 27.3 Å². The number of aromatic nitrogens is 1. The van der Waals surface area contributed by atoms with Crippen molar-refractivity contribution in [2.75, 3.05) is 19.7 Å². The minimum absolute atomic E-state index is 0.0115. The molecule has 0 aromatic carbocycles. The average molecular weight is 382 g/mol. The number of morpholine rings is 1. The lowest BCUT2D eigenvalue weighted by atomic mass is 10.2. The van der Waals surface area contributed by atoms with Gasteiger partial charge in [0.1, 0.15) is 0 Å². The third-order valence-electron chi connectivity index (χ3n) is 3.21. The summed E-state index contributed by atoms with van der Waals surface area (Å²) in [6.45, 7) is 4.25. The molecule has 126 valence electrons. The second-order valence-electron chi connectivity index (χ2n) is 5.21. The van der Waals surface area contributed by atoms with Gasteiger partial charge < -0.3 is 14.4 Å². The molecule has 1 amide bonds. The average Bonchev–Trinajstić information content (AvgIpc) is 2.49. The van der Waals surface area contributed by atoms with E-state index in [1.807, 2.05) is 13.8 Å². The van der Waals surface area contributed by atoms with Crippen LogP contribution in [0.15, 0.2) is 6.20 Å². The monoisotopic (exact) mass is 380 g/mol. The number of hydrogen-bond acceptors (Lipinski definition) is 5. The summed E-state index contributed by atoms with van der Waals surface area (Å²) in [7, 11) is 0. The second kappa shape index (κ2) is 7.66. The van der Waals surface area contributed by atoms with Crippen LogP contribution in [-0.4, -0.2) is 53.7 Å². The van der Waals surface area contributed by atoms with Crippen LogP contribution in [0.4, 0.5) is 0 Å². The SMILES string of the molecule is CC1CN(C(=O)COC(=O)c2ncc(Cl)c(Cl)c2Cl)CC(C)O1. The lowest BCUT2D eigenvalue weighted by Crippen LogP contribution is -2.49. The maximum absolute atomic E-state index is 12.1. The Hall–Kier alpha value is -1.08. The van der Waals surface area contributed by atoms with Crippen LogP contribution in [0.3, 0.4) is 0 Å². The first-order chi connectivity index (χ1) is 10.8. The molecule has 1 aliphatic heterocycles. The van der Waals surface area contributed by atoms with E-state index in [0.717, 1.165) is 0 Å². The fourth-order valence-electron chi connectivity index (χ4n) is 2.25. The Balaban J connectivity index is 1.96. The van der Waals surface area contributed by atoms with Crippen LogP contribution in [0.25, 0.3) is 0 Å². The minimum atomic E-state index is -0.837. The van der Waals surface area contributed by atoms with Crippen molar-refractivity contribution in [1.29, 1.82) is 0 Å². The van der Waals surface area contributed by atoms with Crippen molar-refractivity contribution in [3.05, 3.63) is 27.0 Å². The molecule has 1 aromatic heterocycles. The summed E-state index contributed by atoms with van der Waals surface area (Å²) in [4.78, 5) is 29.5. The molecule has 2 rings (SSSR count). The number of carbonyl (C=O) groups excluding carboxylic acids is 2. The van der Waals surface area contributed by atoms with E-state index in [1.54, 1.807) is 4.90 Å². The predicted octanol–water partition coefficient (Wildman–Crippen LogP) is 2.83. The maximum Gasteiger partial charge on any atom is 0.359 e. The molecule has 2 unspecified atom stereocenters. The lowest BCUT2D eigenvalue weighted by Gasteiger charge is -2.35. The molecule has 9 heteroatoms. The van der Waals surface area contributed by atoms with E-state index in [4.69, 9.17) is 44.3 Å². The number of amides is 1. The third kappa shape index (κ3) is 4.47. The number of hydrogen-bond donors (Lipinski definition) is 0. The van der Waals surface area contributed by atoms with E-state index in [1.165, 1.54) is 6.20 Å². The molecule has 0 N–H and O–H groups in total. The summed E-state index contributed by atoms with van der Waals surface area (Å²) in [5, 5.41) is 0.0308. The van der Waals surface area contributed by atoms with Crippen molar-refractivity contribution < 1.29 is 19.1 Å². The highest BCUT2D eigenvalue weighted by Crippen LogP contribution is 2.31. The molecule has 2 atom stereocenters. The predicted molar refractivity (Wildman–Crippen MR) is 86.1 cm³/mol. The zero-order chi connectivity index (χ0) is 17.1. The van der Waals surface area contributed by atoms with Crippen LogP contribution in [-0.2, 0) is 14.3 Å². The molecule has 0 aliphatic carbocycles. The van der Waals surface area contributed by atoms with Gasteiger partial charge in [-0.05, 0) is 13.8 Å². The Labute approximate surface area is 148 Å². The van der Waals surface area contributed by atoms with Gasteiger partial charge >= 0.3 is 5.97 Å². The van der Waals surface area contributed by atoms with E-state index in [0.29, 0.717) is 13.1 Å². The number of ether oxygens (including phenoxy) is 2. The van der Waals surface area contributed by atoms with Crippen LogP contribution in [0.2, 0.25) is 15.1 Å². The summed E-state index contributed by atoms with van der Waals surface area (Å²) in [6.07, 6.45) is 1.06. The highest BCUT2D eigenvalue weighted by Gasteiger charge is 2.27. The van der Waals surface area contributed by atoms with Crippen LogP contribution in [0.5, 0.6) is 0 Å². The molecule has 6 nitrogen and oxygen atoms in total. The maximum atomic E-state index is 12.1. The summed E-state index contributed by atoms with van der Waals surface area (Å²) >= 11 is 17.5. The lowest BCUT2D eigenvalue weighted by molar-refractivity contribution is -0.146. The van der Waals surface area contributed by atoms with Gasteiger partial charge in [-0.3, -0.25) is 4.79 Å². The molecule has 0 bridgehead atoms. The molecule has 0 spiro atoms. The highest BCUT2D eigenvalue weighted by molar-refractivity contribution is 6.48. The van der Waals surface area contributed by atoms with Gasteiger partial charge in [-0.1, -0.05) is 34.8 Å².